The molecular weight excluding hydrogens is 264 g/mol. The second kappa shape index (κ2) is 6.95. The molecule has 4 nitrogen and oxygen atoms in total. The highest BCUT2D eigenvalue weighted by molar-refractivity contribution is 4.96. The fraction of sp³-hybridized carbons (Fsp3) is 1.00. The summed E-state index contributed by atoms with van der Waals surface area (Å²) in [5.41, 5.74) is 0. The van der Waals surface area contributed by atoms with Crippen molar-refractivity contribution in [2.24, 2.45) is 5.92 Å². The van der Waals surface area contributed by atoms with Crippen molar-refractivity contribution in [1.29, 1.82) is 0 Å². The van der Waals surface area contributed by atoms with Crippen LogP contribution < -0.4 is 5.32 Å². The molecule has 1 aliphatic heterocycles. The zero-order valence-corrected chi connectivity index (χ0v) is 13.8. The lowest BCUT2D eigenvalue weighted by Crippen LogP contribution is -2.57. The quantitative estimate of drug-likeness (QED) is 0.816. The number of nitrogens with one attached hydrogen (secondary N) is 1. The number of ether oxygens (including phenoxy) is 2. The number of hydrogen-bond donors (Lipinski definition) is 1. The van der Waals surface area contributed by atoms with Gasteiger partial charge in [0.25, 0.3) is 0 Å². The smallest absolute Gasteiger partial charge is 0.170 e. The van der Waals surface area contributed by atoms with Crippen LogP contribution >= 0.6 is 0 Å². The molecule has 2 atom stereocenters. The summed E-state index contributed by atoms with van der Waals surface area (Å²) in [7, 11) is 2.30. The Morgan fingerprint density at radius 3 is 2.57 bits per heavy atom. The summed E-state index contributed by atoms with van der Waals surface area (Å²) >= 11 is 0. The maximum atomic E-state index is 5.98. The molecule has 1 spiro atoms. The maximum Gasteiger partial charge on any atom is 0.170 e. The lowest BCUT2D eigenvalue weighted by atomic mass is 9.81. The van der Waals surface area contributed by atoms with Gasteiger partial charge in [0.2, 0.25) is 0 Å². The van der Waals surface area contributed by atoms with Crippen molar-refractivity contribution in [2.75, 3.05) is 33.4 Å². The van der Waals surface area contributed by atoms with E-state index in [1.807, 2.05) is 0 Å². The summed E-state index contributed by atoms with van der Waals surface area (Å²) in [4.78, 5) is 2.59. The molecule has 0 amide bonds. The van der Waals surface area contributed by atoms with Crippen LogP contribution in [0.3, 0.4) is 0 Å². The Kier molecular flexibility index (Phi) is 5.20. The summed E-state index contributed by atoms with van der Waals surface area (Å²) in [6.45, 7) is 6.14. The van der Waals surface area contributed by atoms with E-state index in [-0.39, 0.29) is 5.79 Å². The van der Waals surface area contributed by atoms with Crippen LogP contribution in [0.4, 0.5) is 0 Å². The van der Waals surface area contributed by atoms with Gasteiger partial charge in [0.05, 0.1) is 13.2 Å². The molecule has 3 rings (SSSR count). The molecule has 3 fully saturated rings. The predicted molar refractivity (Wildman–Crippen MR) is 84.3 cm³/mol. The van der Waals surface area contributed by atoms with E-state index in [4.69, 9.17) is 9.47 Å². The van der Waals surface area contributed by atoms with Gasteiger partial charge < -0.3 is 19.7 Å². The molecule has 122 valence electrons. The number of rotatable bonds is 6. The molecule has 0 radical (unpaired) electrons. The minimum absolute atomic E-state index is 0.275. The molecule has 0 aromatic heterocycles. The molecule has 0 aromatic rings. The Labute approximate surface area is 129 Å². The van der Waals surface area contributed by atoms with Gasteiger partial charge in [-0.1, -0.05) is 13.3 Å². The number of nitrogens with zero attached hydrogens (tertiary/aromatic N) is 1. The van der Waals surface area contributed by atoms with E-state index >= 15 is 0 Å². The summed E-state index contributed by atoms with van der Waals surface area (Å²) in [6, 6.07) is 1.14. The van der Waals surface area contributed by atoms with E-state index < -0.39 is 0 Å². The topological polar surface area (TPSA) is 33.7 Å². The Morgan fingerprint density at radius 2 is 1.95 bits per heavy atom. The molecule has 1 N–H and O–H groups in total. The summed E-state index contributed by atoms with van der Waals surface area (Å²) in [5, 5.41) is 3.77. The second-order valence-electron chi connectivity index (χ2n) is 7.21. The SMILES string of the molecule is CCCNC1CCC2(CC1N(C)CC1CCC1)OCCO2. The van der Waals surface area contributed by atoms with Gasteiger partial charge in [0, 0.05) is 31.5 Å². The zero-order valence-electron chi connectivity index (χ0n) is 13.8. The van der Waals surface area contributed by atoms with Gasteiger partial charge >= 0.3 is 0 Å². The van der Waals surface area contributed by atoms with E-state index in [1.54, 1.807) is 0 Å². The average Bonchev–Trinajstić information content (AvgIpc) is 2.89. The third-order valence-electron chi connectivity index (χ3n) is 5.63. The van der Waals surface area contributed by atoms with Crippen molar-refractivity contribution in [3.05, 3.63) is 0 Å². The monoisotopic (exact) mass is 296 g/mol. The van der Waals surface area contributed by atoms with Crippen LogP contribution in [0.5, 0.6) is 0 Å². The minimum atomic E-state index is -0.275. The minimum Gasteiger partial charge on any atom is -0.347 e. The summed E-state index contributed by atoms with van der Waals surface area (Å²) in [6.07, 6.45) is 8.70. The largest absolute Gasteiger partial charge is 0.347 e. The molecular formula is C17H32N2O2. The standard InChI is InChI=1S/C17H32N2O2/c1-3-9-18-15-7-8-17(20-10-11-21-17)12-16(15)19(2)13-14-5-4-6-14/h14-16,18H,3-13H2,1-2H3. The first-order valence-corrected chi connectivity index (χ1v) is 8.94. The van der Waals surface area contributed by atoms with Crippen molar-refractivity contribution >= 4 is 0 Å². The van der Waals surface area contributed by atoms with Crippen molar-refractivity contribution in [3.63, 3.8) is 0 Å². The van der Waals surface area contributed by atoms with Gasteiger partial charge in [-0.15, -0.1) is 0 Å². The Morgan fingerprint density at radius 1 is 1.19 bits per heavy atom. The van der Waals surface area contributed by atoms with Crippen molar-refractivity contribution in [3.8, 4) is 0 Å². The number of likely N-dealkylation sites (N-methyl/N-ethyl adjacent to an activating group) is 1. The van der Waals surface area contributed by atoms with E-state index in [0.717, 1.165) is 38.5 Å². The molecule has 1 heterocycles. The van der Waals surface area contributed by atoms with Crippen LogP contribution in [0.15, 0.2) is 0 Å². The summed E-state index contributed by atoms with van der Waals surface area (Å²) < 4.78 is 12.0. The first kappa shape index (κ1) is 15.7. The predicted octanol–water partition coefficient (Wildman–Crippen LogP) is 2.38. The van der Waals surface area contributed by atoms with Gasteiger partial charge in [0.1, 0.15) is 0 Å². The van der Waals surface area contributed by atoms with Gasteiger partial charge in [-0.3, -0.25) is 0 Å². The summed E-state index contributed by atoms with van der Waals surface area (Å²) in [5.74, 6) is 0.647. The highest BCUT2D eigenvalue weighted by atomic mass is 16.7. The highest BCUT2D eigenvalue weighted by Gasteiger charge is 2.46. The Bertz CT molecular complexity index is 327. The van der Waals surface area contributed by atoms with E-state index in [2.05, 4.69) is 24.2 Å². The molecule has 4 heteroatoms. The first-order valence-electron chi connectivity index (χ1n) is 8.94. The molecule has 0 aromatic carbocycles. The van der Waals surface area contributed by atoms with Gasteiger partial charge in [-0.25, -0.2) is 0 Å². The van der Waals surface area contributed by atoms with Crippen LogP contribution in [-0.4, -0.2) is 56.1 Å². The van der Waals surface area contributed by atoms with Gasteiger partial charge in [-0.05, 0) is 45.2 Å². The van der Waals surface area contributed by atoms with Gasteiger partial charge in [-0.2, -0.15) is 0 Å². The normalized spacial score (nSPS) is 32.7. The van der Waals surface area contributed by atoms with Crippen LogP contribution in [0.2, 0.25) is 0 Å². The molecule has 2 aliphatic carbocycles. The lowest BCUT2D eigenvalue weighted by Gasteiger charge is -2.46. The van der Waals surface area contributed by atoms with Crippen LogP contribution in [0, 0.1) is 5.92 Å². The molecule has 2 unspecified atom stereocenters. The Balaban J connectivity index is 1.62. The third-order valence-corrected chi connectivity index (χ3v) is 5.63. The molecule has 1 saturated heterocycles. The van der Waals surface area contributed by atoms with E-state index in [9.17, 15) is 0 Å². The average molecular weight is 296 g/mol. The Hall–Kier alpha value is -0.160. The lowest BCUT2D eigenvalue weighted by molar-refractivity contribution is -0.193. The maximum absolute atomic E-state index is 5.98. The molecule has 0 bridgehead atoms. The van der Waals surface area contributed by atoms with Gasteiger partial charge in [0.15, 0.2) is 5.79 Å². The molecule has 3 aliphatic rings. The fourth-order valence-corrected chi connectivity index (χ4v) is 4.14. The van der Waals surface area contributed by atoms with Crippen molar-refractivity contribution < 1.29 is 9.47 Å². The first-order chi connectivity index (χ1) is 10.2. The van der Waals surface area contributed by atoms with Crippen LogP contribution in [0.25, 0.3) is 0 Å². The molecule has 21 heavy (non-hydrogen) atoms. The third kappa shape index (κ3) is 3.61. The highest BCUT2D eigenvalue weighted by Crippen LogP contribution is 2.38. The van der Waals surface area contributed by atoms with E-state index in [1.165, 1.54) is 38.6 Å². The fourth-order valence-electron chi connectivity index (χ4n) is 4.14. The second-order valence-corrected chi connectivity index (χ2v) is 7.21. The number of hydrogen-bond acceptors (Lipinski definition) is 4. The van der Waals surface area contributed by atoms with Crippen molar-refractivity contribution in [1.82, 2.24) is 10.2 Å². The van der Waals surface area contributed by atoms with Crippen molar-refractivity contribution in [2.45, 2.75) is 69.7 Å². The van der Waals surface area contributed by atoms with E-state index in [0.29, 0.717) is 12.1 Å². The van der Waals surface area contributed by atoms with Crippen LogP contribution in [-0.2, 0) is 9.47 Å². The van der Waals surface area contributed by atoms with Crippen LogP contribution in [0.1, 0.15) is 51.9 Å². The molecule has 2 saturated carbocycles. The zero-order chi connectivity index (χ0) is 14.7.